The van der Waals surface area contributed by atoms with Gasteiger partial charge in [-0.25, -0.2) is 4.79 Å². The molecule has 0 atom stereocenters. The van der Waals surface area contributed by atoms with Crippen LogP contribution in [0.1, 0.15) is 10.5 Å². The molecule has 71 heavy (non-hydrogen) atoms. The van der Waals surface area contributed by atoms with Crippen LogP contribution in [0.2, 0.25) is 0 Å². The highest BCUT2D eigenvalue weighted by atomic mass is 32.2. The van der Waals surface area contributed by atoms with Gasteiger partial charge in [-0.3, -0.25) is 18.2 Å². The van der Waals surface area contributed by atoms with Gasteiger partial charge < -0.3 is 39.2 Å². The van der Waals surface area contributed by atoms with Crippen LogP contribution in [0.4, 0.5) is 34.1 Å². The molecular formula is C40H32N8O19S4. The first-order valence-corrected chi connectivity index (χ1v) is 24.5. The van der Waals surface area contributed by atoms with E-state index in [2.05, 4.69) is 35.8 Å². The van der Waals surface area contributed by atoms with Crippen molar-refractivity contribution in [3.8, 4) is 34.6 Å². The van der Waals surface area contributed by atoms with Crippen molar-refractivity contribution in [2.75, 3.05) is 26.4 Å². The second-order valence-electron chi connectivity index (χ2n) is 14.1. The van der Waals surface area contributed by atoms with Gasteiger partial charge in [0.2, 0.25) is 23.9 Å². The SMILES string of the molecule is O=C(O)c1nn(-c2ccc3c(O)c(N=Nc4cc(OCCO)c(N=Nc5ccc6c(OSO)cccc6c5S(=O)(=O)O)cc4OCCO)c(S(=O)(=O)O)cc3c2)c(O)c1N=Nc1ccc(S(=O)(=O)O)cc1. The number of nitrogens with zero attached hydrogens (tertiary/aromatic N) is 8. The maximum absolute atomic E-state index is 12.8. The van der Waals surface area contributed by atoms with Crippen molar-refractivity contribution in [2.45, 2.75) is 14.7 Å². The van der Waals surface area contributed by atoms with E-state index in [9.17, 15) is 73.8 Å². The molecule has 0 amide bonds. The molecule has 7 rings (SSSR count). The molecule has 0 radical (unpaired) electrons. The van der Waals surface area contributed by atoms with Crippen LogP contribution in [0.3, 0.4) is 0 Å². The Hall–Kier alpha value is -7.72. The molecule has 0 aliphatic carbocycles. The first-order chi connectivity index (χ1) is 33.6. The number of rotatable bonds is 19. The van der Waals surface area contributed by atoms with Crippen LogP contribution in [0.15, 0.2) is 136 Å². The fourth-order valence-electron chi connectivity index (χ4n) is 6.58. The number of carboxylic acids is 1. The number of aromatic hydroxyl groups is 2. The lowest BCUT2D eigenvalue weighted by molar-refractivity contribution is 0.0690. The number of fused-ring (bicyclic) bond motifs is 2. The van der Waals surface area contributed by atoms with Gasteiger partial charge in [-0.2, -0.15) is 40.1 Å². The normalized spacial score (nSPS) is 12.5. The van der Waals surface area contributed by atoms with E-state index in [-0.39, 0.29) is 92.8 Å². The van der Waals surface area contributed by atoms with Crippen LogP contribution >= 0.6 is 12.3 Å². The lowest BCUT2D eigenvalue weighted by atomic mass is 10.1. The fraction of sp³-hybridized carbons (Fsp3) is 0.100. The topological polar surface area (TPSA) is 421 Å². The van der Waals surface area contributed by atoms with E-state index in [1.807, 2.05) is 0 Å². The number of phenolic OH excluding ortho intramolecular Hbond substituents is 1. The van der Waals surface area contributed by atoms with Gasteiger partial charge in [0, 0.05) is 28.3 Å². The highest BCUT2D eigenvalue weighted by molar-refractivity contribution is 7.89. The quantitative estimate of drug-likeness (QED) is 0.0215. The molecular weight excluding hydrogens is 1020 g/mol. The van der Waals surface area contributed by atoms with E-state index < -0.39 is 92.9 Å². The Kier molecular flexibility index (Phi) is 14.9. The summed E-state index contributed by atoms with van der Waals surface area (Å²) in [7, 11) is -14.8. The lowest BCUT2D eigenvalue weighted by Gasteiger charge is -2.13. The highest BCUT2D eigenvalue weighted by Crippen LogP contribution is 2.46. The molecule has 0 aliphatic heterocycles. The smallest absolute Gasteiger partial charge is 0.358 e. The van der Waals surface area contributed by atoms with Crippen LogP contribution in [0.25, 0.3) is 27.2 Å². The van der Waals surface area contributed by atoms with Gasteiger partial charge in [0.05, 0.1) is 29.5 Å². The Labute approximate surface area is 402 Å². The summed E-state index contributed by atoms with van der Waals surface area (Å²) in [6, 6.07) is 17.6. The zero-order chi connectivity index (χ0) is 51.4. The largest absolute Gasteiger partial charge is 0.505 e. The third-order valence-electron chi connectivity index (χ3n) is 9.59. The van der Waals surface area contributed by atoms with Crippen LogP contribution < -0.4 is 13.7 Å². The molecule has 0 unspecified atom stereocenters. The van der Waals surface area contributed by atoms with Crippen molar-refractivity contribution in [2.24, 2.45) is 30.7 Å². The van der Waals surface area contributed by atoms with Crippen molar-refractivity contribution in [3.05, 3.63) is 96.7 Å². The molecule has 0 bridgehead atoms. The van der Waals surface area contributed by atoms with Crippen LogP contribution in [-0.2, 0) is 30.4 Å². The number of ether oxygens (including phenoxy) is 2. The highest BCUT2D eigenvalue weighted by Gasteiger charge is 2.27. The van der Waals surface area contributed by atoms with E-state index in [0.29, 0.717) is 4.68 Å². The number of hydrogen-bond acceptors (Lipinski definition) is 23. The van der Waals surface area contributed by atoms with Crippen LogP contribution in [-0.4, -0.2) is 111 Å². The van der Waals surface area contributed by atoms with E-state index in [0.717, 1.165) is 48.5 Å². The number of phenols is 1. The monoisotopic (exact) mass is 1060 g/mol. The Morgan fingerprint density at radius 2 is 1.24 bits per heavy atom. The summed E-state index contributed by atoms with van der Waals surface area (Å²) in [5.41, 5.74) is -3.38. The van der Waals surface area contributed by atoms with E-state index in [4.69, 9.17) is 13.7 Å². The molecule has 0 aliphatic rings. The summed E-state index contributed by atoms with van der Waals surface area (Å²) in [6.07, 6.45) is 0. The summed E-state index contributed by atoms with van der Waals surface area (Å²) in [4.78, 5) is 9.95. The van der Waals surface area contributed by atoms with Gasteiger partial charge in [0.15, 0.2) is 11.4 Å². The Morgan fingerprint density at radius 1 is 0.634 bits per heavy atom. The molecule has 370 valence electrons. The first kappa shape index (κ1) is 51.1. The molecule has 1 heterocycles. The third-order valence-corrected chi connectivity index (χ3v) is 12.5. The number of hydrogen-bond donors (Lipinski definition) is 9. The first-order valence-electron chi connectivity index (χ1n) is 19.5. The fourth-order valence-corrected chi connectivity index (χ4v) is 8.77. The second kappa shape index (κ2) is 20.7. The summed E-state index contributed by atoms with van der Waals surface area (Å²) >= 11 is -0.00121. The Bertz CT molecular complexity index is 3680. The maximum atomic E-state index is 12.8. The molecule has 9 N–H and O–H groups in total. The van der Waals surface area contributed by atoms with E-state index in [1.54, 1.807) is 0 Å². The number of aromatic nitrogens is 2. The molecule has 0 fully saturated rings. The average molecular weight is 1060 g/mol. The second-order valence-corrected chi connectivity index (χ2v) is 18.6. The minimum absolute atomic E-state index is 0.00121. The number of carboxylic acid groups (broad SMARTS) is 1. The maximum Gasteiger partial charge on any atom is 0.358 e. The van der Waals surface area contributed by atoms with Gasteiger partial charge in [-0.05, 0) is 72.1 Å². The molecule has 0 saturated carbocycles. The van der Waals surface area contributed by atoms with E-state index >= 15 is 0 Å². The number of aliphatic hydroxyl groups excluding tert-OH is 2. The van der Waals surface area contributed by atoms with Gasteiger partial charge in [0.25, 0.3) is 30.4 Å². The number of carbonyl (C=O) groups is 1. The van der Waals surface area contributed by atoms with Crippen molar-refractivity contribution in [1.29, 1.82) is 0 Å². The van der Waals surface area contributed by atoms with Crippen molar-refractivity contribution >= 4 is 104 Å². The van der Waals surface area contributed by atoms with E-state index in [1.165, 1.54) is 42.5 Å². The van der Waals surface area contributed by atoms with Crippen molar-refractivity contribution in [3.63, 3.8) is 0 Å². The summed E-state index contributed by atoms with van der Waals surface area (Å²) < 4.78 is 130. The minimum atomic E-state index is -5.28. The van der Waals surface area contributed by atoms with Gasteiger partial charge in [-0.1, -0.05) is 12.1 Å². The number of aliphatic hydroxyl groups is 2. The van der Waals surface area contributed by atoms with Crippen molar-refractivity contribution < 1.29 is 87.4 Å². The van der Waals surface area contributed by atoms with Crippen LogP contribution in [0, 0.1) is 0 Å². The number of benzene rings is 6. The Balaban J connectivity index is 1.29. The molecule has 7 aromatic rings. The Morgan fingerprint density at radius 3 is 1.82 bits per heavy atom. The molecule has 1 aromatic heterocycles. The molecule has 0 saturated heterocycles. The van der Waals surface area contributed by atoms with Gasteiger partial charge in [-0.15, -0.1) is 25.6 Å². The molecule has 6 aromatic carbocycles. The standard InChI is InChI=1S/C40H32N8O19S4/c49-12-14-65-31-19-29(32(66-15-13-50)18-28(31)43-42-27-11-10-25-26(38(27)71(62,63)64)2-1-3-30(25)67-68-55)44-45-34-33(70(59,60)61)17-20-16-22(6-9-24(20)37(34)51)48-39(52)35(36(47-48)40(53)54)46-41-21-4-7-23(8-5-21)69(56,57)58/h1-11,16-19,49-52,55H,12-15H2,(H,53,54)(H,56,57,58)(H,59,60,61)(H,62,63,64). The predicted molar refractivity (Wildman–Crippen MR) is 246 cm³/mol. The summed E-state index contributed by atoms with van der Waals surface area (Å²) in [5, 5.41) is 78.8. The molecule has 0 spiro atoms. The van der Waals surface area contributed by atoms with Crippen molar-refractivity contribution in [1.82, 2.24) is 9.78 Å². The van der Waals surface area contributed by atoms with Gasteiger partial charge >= 0.3 is 5.97 Å². The number of azo groups is 3. The van der Waals surface area contributed by atoms with Crippen LogP contribution in [0.5, 0.6) is 28.9 Å². The summed E-state index contributed by atoms with van der Waals surface area (Å²) in [6.45, 7) is -1.85. The predicted octanol–water partition coefficient (Wildman–Crippen LogP) is 7.52. The lowest BCUT2D eigenvalue weighted by Crippen LogP contribution is -2.04. The average Bonchev–Trinajstić information content (AvgIpc) is 3.65. The van der Waals surface area contributed by atoms with Gasteiger partial charge in [0.1, 0.15) is 63.0 Å². The zero-order valence-corrected chi connectivity index (χ0v) is 38.6. The summed E-state index contributed by atoms with van der Waals surface area (Å²) in [5.74, 6) is -3.88. The number of aromatic carboxylic acids is 1. The molecule has 27 nitrogen and oxygen atoms in total. The minimum Gasteiger partial charge on any atom is -0.505 e. The zero-order valence-electron chi connectivity index (χ0n) is 35.3. The third kappa shape index (κ3) is 11.2. The molecule has 31 heteroatoms.